The van der Waals surface area contributed by atoms with Crippen molar-refractivity contribution in [3.63, 3.8) is 0 Å². The normalized spacial score (nSPS) is 11.1. The number of aromatic nitrogens is 3. The summed E-state index contributed by atoms with van der Waals surface area (Å²) in [6, 6.07) is 7.66. The van der Waals surface area contributed by atoms with Crippen molar-refractivity contribution in [2.45, 2.75) is 45.6 Å². The lowest BCUT2D eigenvalue weighted by Gasteiger charge is -2.19. The van der Waals surface area contributed by atoms with Gasteiger partial charge in [0.1, 0.15) is 18.7 Å². The van der Waals surface area contributed by atoms with Gasteiger partial charge in [0, 0.05) is 6.54 Å². The number of thioether (sulfide) groups is 1. The van der Waals surface area contributed by atoms with E-state index in [4.69, 9.17) is 4.74 Å². The van der Waals surface area contributed by atoms with Crippen molar-refractivity contribution in [1.29, 1.82) is 0 Å². The number of carbonyl (C=O) groups is 1. The van der Waals surface area contributed by atoms with E-state index in [1.807, 2.05) is 12.1 Å². The van der Waals surface area contributed by atoms with Crippen molar-refractivity contribution in [2.75, 3.05) is 23.9 Å². The zero-order valence-electron chi connectivity index (χ0n) is 17.0. The minimum atomic E-state index is -0.319. The molecule has 0 bridgehead atoms. The number of hydrogen-bond donors (Lipinski definition) is 2. The Balaban J connectivity index is 1.81. The first-order chi connectivity index (χ1) is 13.4. The quantitative estimate of drug-likeness (QED) is 0.615. The van der Waals surface area contributed by atoms with Crippen LogP contribution in [-0.2, 0) is 12.0 Å². The predicted molar refractivity (Wildman–Crippen MR) is 114 cm³/mol. The van der Waals surface area contributed by atoms with Crippen LogP contribution >= 0.6 is 11.8 Å². The van der Waals surface area contributed by atoms with E-state index in [9.17, 15) is 4.79 Å². The molecule has 152 valence electrons. The third kappa shape index (κ3) is 7.72. The molecule has 0 saturated carbocycles. The summed E-state index contributed by atoms with van der Waals surface area (Å²) in [7, 11) is 0. The van der Waals surface area contributed by atoms with E-state index in [1.54, 1.807) is 11.8 Å². The fraction of sp³-hybridized carbons (Fsp3) is 0.500. The average molecular weight is 404 g/mol. The van der Waals surface area contributed by atoms with E-state index in [-0.39, 0.29) is 24.0 Å². The Kier molecular flexibility index (Phi) is 8.50. The minimum absolute atomic E-state index is 0.100. The minimum Gasteiger partial charge on any atom is -0.486 e. The summed E-state index contributed by atoms with van der Waals surface area (Å²) in [5, 5.41) is 5.42. The molecule has 0 unspecified atom stereocenters. The Bertz CT molecular complexity index is 747. The van der Waals surface area contributed by atoms with E-state index < -0.39 is 0 Å². The van der Waals surface area contributed by atoms with Crippen LogP contribution in [0.15, 0.2) is 30.6 Å². The molecule has 2 N–H and O–H groups in total. The lowest BCUT2D eigenvalue weighted by Crippen LogP contribution is -2.30. The van der Waals surface area contributed by atoms with Crippen LogP contribution in [-0.4, -0.2) is 39.5 Å². The van der Waals surface area contributed by atoms with Crippen molar-refractivity contribution < 1.29 is 9.53 Å². The largest absolute Gasteiger partial charge is 0.486 e. The molecule has 2 rings (SSSR count). The molecular weight excluding hydrogens is 374 g/mol. The second-order valence-electron chi connectivity index (χ2n) is 7.37. The Hall–Kier alpha value is -2.35. The summed E-state index contributed by atoms with van der Waals surface area (Å²) in [5.74, 6) is 2.49. The van der Waals surface area contributed by atoms with Crippen LogP contribution in [0, 0.1) is 0 Å². The van der Waals surface area contributed by atoms with Gasteiger partial charge >= 0.3 is 6.03 Å². The van der Waals surface area contributed by atoms with Gasteiger partial charge in [0.05, 0.1) is 0 Å². The molecule has 2 amide bonds. The maximum absolute atomic E-state index is 11.9. The van der Waals surface area contributed by atoms with Crippen LogP contribution in [0.2, 0.25) is 0 Å². The number of nitrogens with zero attached hydrogens (tertiary/aromatic N) is 3. The highest BCUT2D eigenvalue weighted by molar-refractivity contribution is 7.98. The van der Waals surface area contributed by atoms with Crippen molar-refractivity contribution in [2.24, 2.45) is 0 Å². The topological polar surface area (TPSA) is 89.0 Å². The SMILES string of the molecule is CSCCCCNC(=O)Nc1ncnc(COc2ccc(C(C)(C)C)cc2)n1. The molecule has 0 aliphatic rings. The van der Waals surface area contributed by atoms with Crippen LogP contribution in [0.3, 0.4) is 0 Å². The smallest absolute Gasteiger partial charge is 0.321 e. The molecule has 0 saturated heterocycles. The van der Waals surface area contributed by atoms with Gasteiger partial charge < -0.3 is 10.1 Å². The standard InChI is InChI=1S/C20H29N5O2S/c1-20(2,3)15-7-9-16(10-8-15)27-13-17-22-14-23-18(24-17)25-19(26)21-11-5-6-12-28-4/h7-10,14H,5-6,11-13H2,1-4H3,(H2,21,22,23,24,25,26). The molecule has 0 aliphatic carbocycles. The first-order valence-corrected chi connectivity index (χ1v) is 10.7. The highest BCUT2D eigenvalue weighted by Crippen LogP contribution is 2.24. The van der Waals surface area contributed by atoms with E-state index in [0.717, 1.165) is 24.3 Å². The van der Waals surface area contributed by atoms with Gasteiger partial charge in [-0.2, -0.15) is 16.7 Å². The molecular formula is C20H29N5O2S. The van der Waals surface area contributed by atoms with Gasteiger partial charge in [-0.3, -0.25) is 5.32 Å². The molecule has 8 heteroatoms. The second kappa shape index (κ2) is 10.8. The summed E-state index contributed by atoms with van der Waals surface area (Å²) in [6.07, 6.45) is 5.45. The predicted octanol–water partition coefficient (Wildman–Crippen LogP) is 4.01. The molecule has 1 aromatic carbocycles. The number of carbonyl (C=O) groups excluding carboxylic acids is 1. The first kappa shape index (κ1) is 21.9. The van der Waals surface area contributed by atoms with E-state index >= 15 is 0 Å². The van der Waals surface area contributed by atoms with Crippen molar-refractivity contribution in [3.8, 4) is 5.75 Å². The fourth-order valence-electron chi connectivity index (χ4n) is 2.38. The van der Waals surface area contributed by atoms with Crippen LogP contribution in [0.4, 0.5) is 10.7 Å². The number of hydrogen-bond acceptors (Lipinski definition) is 6. The summed E-state index contributed by atoms with van der Waals surface area (Å²) in [4.78, 5) is 24.2. The molecule has 0 radical (unpaired) electrons. The summed E-state index contributed by atoms with van der Waals surface area (Å²) < 4.78 is 5.74. The Morgan fingerprint density at radius 1 is 1.14 bits per heavy atom. The molecule has 2 aromatic rings. The van der Waals surface area contributed by atoms with Gasteiger partial charge in [-0.15, -0.1) is 0 Å². The summed E-state index contributed by atoms with van der Waals surface area (Å²) in [5.41, 5.74) is 1.34. The number of benzene rings is 1. The zero-order valence-corrected chi connectivity index (χ0v) is 17.8. The van der Waals surface area contributed by atoms with E-state index in [0.29, 0.717) is 12.4 Å². The zero-order chi connectivity index (χ0) is 20.4. The number of amides is 2. The monoisotopic (exact) mass is 403 g/mol. The van der Waals surface area contributed by atoms with Crippen molar-refractivity contribution in [3.05, 3.63) is 42.0 Å². The molecule has 0 atom stereocenters. The number of urea groups is 1. The number of anilines is 1. The third-order valence-corrected chi connectivity index (χ3v) is 4.69. The summed E-state index contributed by atoms with van der Waals surface area (Å²) >= 11 is 1.80. The number of ether oxygens (including phenoxy) is 1. The van der Waals surface area contributed by atoms with Crippen LogP contribution in [0.5, 0.6) is 5.75 Å². The second-order valence-corrected chi connectivity index (χ2v) is 8.35. The third-order valence-electron chi connectivity index (χ3n) is 4.00. The maximum Gasteiger partial charge on any atom is 0.321 e. The van der Waals surface area contributed by atoms with Crippen LogP contribution in [0.1, 0.15) is 45.0 Å². The van der Waals surface area contributed by atoms with Gasteiger partial charge in [0.25, 0.3) is 0 Å². The molecule has 7 nitrogen and oxygen atoms in total. The van der Waals surface area contributed by atoms with Gasteiger partial charge in [0.15, 0.2) is 5.82 Å². The van der Waals surface area contributed by atoms with E-state index in [2.05, 4.69) is 64.7 Å². The van der Waals surface area contributed by atoms with Crippen molar-refractivity contribution >= 4 is 23.7 Å². The Morgan fingerprint density at radius 2 is 1.89 bits per heavy atom. The highest BCUT2D eigenvalue weighted by atomic mass is 32.2. The number of rotatable bonds is 9. The van der Waals surface area contributed by atoms with Crippen LogP contribution in [0.25, 0.3) is 0 Å². The fourth-order valence-corrected chi connectivity index (χ4v) is 2.87. The molecule has 1 heterocycles. The van der Waals surface area contributed by atoms with Gasteiger partial charge in [0.2, 0.25) is 5.95 Å². The molecule has 1 aromatic heterocycles. The van der Waals surface area contributed by atoms with Crippen LogP contribution < -0.4 is 15.4 Å². The van der Waals surface area contributed by atoms with Crippen molar-refractivity contribution in [1.82, 2.24) is 20.3 Å². The lowest BCUT2D eigenvalue weighted by atomic mass is 9.87. The van der Waals surface area contributed by atoms with Gasteiger partial charge in [-0.05, 0) is 48.0 Å². The lowest BCUT2D eigenvalue weighted by molar-refractivity contribution is 0.251. The average Bonchev–Trinajstić information content (AvgIpc) is 2.66. The van der Waals surface area contributed by atoms with E-state index in [1.165, 1.54) is 11.9 Å². The number of nitrogens with one attached hydrogen (secondary N) is 2. The molecule has 28 heavy (non-hydrogen) atoms. The Morgan fingerprint density at radius 3 is 2.57 bits per heavy atom. The molecule has 0 spiro atoms. The Labute approximate surface area is 171 Å². The maximum atomic E-state index is 11.9. The molecule has 0 fully saturated rings. The number of unbranched alkanes of at least 4 members (excludes halogenated alkanes) is 1. The van der Waals surface area contributed by atoms with Gasteiger partial charge in [-0.1, -0.05) is 32.9 Å². The van der Waals surface area contributed by atoms with Gasteiger partial charge in [-0.25, -0.2) is 14.8 Å². The summed E-state index contributed by atoms with van der Waals surface area (Å²) in [6.45, 7) is 7.33. The first-order valence-electron chi connectivity index (χ1n) is 9.33. The highest BCUT2D eigenvalue weighted by Gasteiger charge is 2.13. The molecule has 0 aliphatic heterocycles.